The number of hydrogen-bond donors (Lipinski definition) is 3. The average molecular weight is 795 g/mol. The molecule has 1 aromatic rings. The summed E-state index contributed by atoms with van der Waals surface area (Å²) in [7, 11) is 0. The Morgan fingerprint density at radius 3 is 2.16 bits per heavy atom. The van der Waals surface area contributed by atoms with Crippen LogP contribution in [-0.2, 0) is 40.1 Å². The number of imide groups is 1. The molecule has 0 radical (unpaired) electrons. The van der Waals surface area contributed by atoms with Gasteiger partial charge in [-0.1, -0.05) is 68.3 Å². The fraction of sp³-hybridized carbons (Fsp3) is 0.676. The van der Waals surface area contributed by atoms with Crippen molar-refractivity contribution >= 4 is 63.8 Å². The van der Waals surface area contributed by atoms with Gasteiger partial charge in [-0.15, -0.1) is 0 Å². The molecule has 272 valence electrons. The molecule has 1 saturated carbocycles. The Morgan fingerprint density at radius 1 is 0.939 bits per heavy atom. The highest BCUT2D eigenvalue weighted by Crippen LogP contribution is 2.42. The minimum absolute atomic E-state index is 0.0983. The topological polar surface area (TPSA) is 151 Å². The van der Waals surface area contributed by atoms with Crippen LogP contribution in [-0.4, -0.2) is 64.0 Å². The highest BCUT2D eigenvalue weighted by atomic mass is 127. The quantitative estimate of drug-likeness (QED) is 0.0459. The summed E-state index contributed by atoms with van der Waals surface area (Å²) >= 11 is 2.28. The number of unbranched alkanes of at least 4 members (excludes halogenated alkanes) is 3. The molecular weight excluding hydrogens is 739 g/mol. The van der Waals surface area contributed by atoms with Crippen LogP contribution in [0.4, 0.5) is 5.69 Å². The number of esters is 1. The van der Waals surface area contributed by atoms with E-state index in [0.717, 1.165) is 35.7 Å². The SMILES string of the molecule is CC(C)(C)C(=O)OCc1ccc(NC(=O)[C@H](CCCCI)NC(=O)C2(C(=O)NCCCCCN3C(=O)CC(C(C)(C)C)C3=O)CCC2)cc1. The van der Waals surface area contributed by atoms with Gasteiger partial charge in [0.1, 0.15) is 18.1 Å². The number of amides is 5. The molecule has 3 rings (SSSR count). The lowest BCUT2D eigenvalue weighted by molar-refractivity contribution is -0.154. The number of anilines is 1. The van der Waals surface area contributed by atoms with Gasteiger partial charge in [-0.3, -0.25) is 33.7 Å². The zero-order valence-electron chi connectivity index (χ0n) is 30.0. The number of halogens is 1. The van der Waals surface area contributed by atoms with Crippen LogP contribution in [0.15, 0.2) is 24.3 Å². The Morgan fingerprint density at radius 2 is 1.61 bits per heavy atom. The van der Waals surface area contributed by atoms with Crippen LogP contribution in [0.3, 0.4) is 0 Å². The Kier molecular flexibility index (Phi) is 14.6. The standard InChI is InChI=1S/C37H55IN4O7/c1-35(2,3)27-23-29(43)42(31(27)45)22-11-7-10-21-39-32(46)37(18-12-19-37)33(47)41-28(13-8-9-20-38)30(44)40-26-16-14-25(15-17-26)24-49-34(48)36(4,5)6/h14-17,27-28H,7-13,18-24H2,1-6H3,(H,39,46)(H,40,44)(H,41,47)/t27?,28-/m0/s1. The van der Waals surface area contributed by atoms with Crippen molar-refractivity contribution in [1.29, 1.82) is 0 Å². The molecule has 1 heterocycles. The van der Waals surface area contributed by atoms with E-state index < -0.39 is 22.8 Å². The van der Waals surface area contributed by atoms with Gasteiger partial charge in [0.2, 0.25) is 29.5 Å². The number of benzene rings is 1. The summed E-state index contributed by atoms with van der Waals surface area (Å²) in [5.41, 5.74) is -0.725. The maximum Gasteiger partial charge on any atom is 0.311 e. The zero-order chi connectivity index (χ0) is 36.4. The fourth-order valence-electron chi connectivity index (χ4n) is 5.91. The molecule has 3 N–H and O–H groups in total. The number of alkyl halides is 1. The van der Waals surface area contributed by atoms with Crippen LogP contribution < -0.4 is 16.0 Å². The van der Waals surface area contributed by atoms with E-state index >= 15 is 0 Å². The molecule has 49 heavy (non-hydrogen) atoms. The lowest BCUT2D eigenvalue weighted by atomic mass is 9.67. The minimum Gasteiger partial charge on any atom is -0.460 e. The molecule has 1 aromatic carbocycles. The first kappa shape index (κ1) is 40.4. The van der Waals surface area contributed by atoms with Crippen molar-refractivity contribution in [2.45, 2.75) is 118 Å². The van der Waals surface area contributed by atoms with Crippen molar-refractivity contribution in [3.8, 4) is 0 Å². The van der Waals surface area contributed by atoms with Crippen molar-refractivity contribution < 1.29 is 33.5 Å². The summed E-state index contributed by atoms with van der Waals surface area (Å²) in [6.07, 6.45) is 5.94. The molecule has 1 aliphatic heterocycles. The highest BCUT2D eigenvalue weighted by molar-refractivity contribution is 14.1. The number of nitrogens with one attached hydrogen (secondary N) is 3. The van der Waals surface area contributed by atoms with Gasteiger partial charge < -0.3 is 20.7 Å². The second-order valence-electron chi connectivity index (χ2n) is 15.5. The maximum atomic E-state index is 13.6. The van der Waals surface area contributed by atoms with E-state index in [9.17, 15) is 28.8 Å². The van der Waals surface area contributed by atoms with E-state index in [1.54, 1.807) is 45.0 Å². The molecule has 1 saturated heterocycles. The smallest absolute Gasteiger partial charge is 0.311 e. The number of nitrogens with zero attached hydrogens (tertiary/aromatic N) is 1. The molecule has 11 nitrogen and oxygen atoms in total. The molecule has 2 atom stereocenters. The van der Waals surface area contributed by atoms with Crippen LogP contribution in [0.5, 0.6) is 0 Å². The van der Waals surface area contributed by atoms with E-state index in [-0.39, 0.29) is 54.0 Å². The van der Waals surface area contributed by atoms with E-state index in [0.29, 0.717) is 50.9 Å². The lowest BCUT2D eigenvalue weighted by Crippen LogP contribution is -2.58. The normalized spacial score (nSPS) is 18.0. The van der Waals surface area contributed by atoms with Gasteiger partial charge in [-0.05, 0) is 93.3 Å². The van der Waals surface area contributed by atoms with Crippen LogP contribution in [0.1, 0.15) is 111 Å². The molecule has 0 spiro atoms. The number of carbonyl (C=O) groups excluding carboxylic acids is 6. The van der Waals surface area contributed by atoms with Crippen molar-refractivity contribution in [3.05, 3.63) is 29.8 Å². The zero-order valence-corrected chi connectivity index (χ0v) is 32.2. The molecular formula is C37H55IN4O7. The van der Waals surface area contributed by atoms with Gasteiger partial charge in [-0.2, -0.15) is 0 Å². The van der Waals surface area contributed by atoms with Crippen molar-refractivity contribution in [2.24, 2.45) is 22.2 Å². The highest BCUT2D eigenvalue weighted by Gasteiger charge is 2.51. The van der Waals surface area contributed by atoms with E-state index in [2.05, 4.69) is 38.5 Å². The Balaban J connectivity index is 1.50. The average Bonchev–Trinajstić information content (AvgIpc) is 3.29. The van der Waals surface area contributed by atoms with E-state index in [1.165, 1.54) is 4.90 Å². The summed E-state index contributed by atoms with van der Waals surface area (Å²) in [4.78, 5) is 78.9. The van der Waals surface area contributed by atoms with Gasteiger partial charge in [0, 0.05) is 25.2 Å². The number of carbonyl (C=O) groups is 6. The first-order valence-corrected chi connectivity index (χ1v) is 19.1. The molecule has 2 fully saturated rings. The summed E-state index contributed by atoms with van der Waals surface area (Å²) in [6.45, 7) is 12.2. The second-order valence-corrected chi connectivity index (χ2v) is 16.6. The van der Waals surface area contributed by atoms with E-state index in [1.807, 2.05) is 20.8 Å². The number of likely N-dealkylation sites (tertiary alicyclic amines) is 1. The van der Waals surface area contributed by atoms with Crippen LogP contribution in [0.25, 0.3) is 0 Å². The summed E-state index contributed by atoms with van der Waals surface area (Å²) in [5.74, 6) is -1.92. The van der Waals surface area contributed by atoms with Gasteiger partial charge in [-0.25, -0.2) is 0 Å². The molecule has 2 aliphatic rings. The van der Waals surface area contributed by atoms with E-state index in [4.69, 9.17) is 4.74 Å². The van der Waals surface area contributed by atoms with Crippen LogP contribution >= 0.6 is 22.6 Å². The van der Waals surface area contributed by atoms with Crippen LogP contribution in [0.2, 0.25) is 0 Å². The van der Waals surface area contributed by atoms with Crippen molar-refractivity contribution in [2.75, 3.05) is 22.8 Å². The molecule has 1 unspecified atom stereocenters. The first-order chi connectivity index (χ1) is 23.0. The largest absolute Gasteiger partial charge is 0.460 e. The summed E-state index contributed by atoms with van der Waals surface area (Å²) in [5, 5.41) is 8.71. The second kappa shape index (κ2) is 17.8. The summed E-state index contributed by atoms with van der Waals surface area (Å²) in [6, 6.07) is 6.20. The predicted octanol–water partition coefficient (Wildman–Crippen LogP) is 5.68. The third kappa shape index (κ3) is 11.2. The maximum absolute atomic E-state index is 13.6. The minimum atomic E-state index is -1.20. The third-order valence-electron chi connectivity index (χ3n) is 9.41. The number of rotatable bonds is 17. The molecule has 5 amide bonds. The molecule has 1 aliphatic carbocycles. The van der Waals surface area contributed by atoms with Crippen molar-refractivity contribution in [3.63, 3.8) is 0 Å². The molecule has 0 aromatic heterocycles. The van der Waals surface area contributed by atoms with Gasteiger partial charge in [0.15, 0.2) is 0 Å². The van der Waals surface area contributed by atoms with Crippen LogP contribution in [0, 0.1) is 22.2 Å². The molecule has 12 heteroatoms. The Bertz CT molecular complexity index is 1350. The Labute approximate surface area is 304 Å². The molecule has 0 bridgehead atoms. The fourth-order valence-corrected chi connectivity index (χ4v) is 6.45. The third-order valence-corrected chi connectivity index (χ3v) is 10.2. The van der Waals surface area contributed by atoms with Gasteiger partial charge >= 0.3 is 5.97 Å². The first-order valence-electron chi connectivity index (χ1n) is 17.6. The van der Waals surface area contributed by atoms with Gasteiger partial charge in [0.25, 0.3) is 0 Å². The Hall–Kier alpha value is -3.03. The monoisotopic (exact) mass is 794 g/mol. The predicted molar refractivity (Wildman–Crippen MR) is 196 cm³/mol. The number of hydrogen-bond acceptors (Lipinski definition) is 7. The number of ether oxygens (including phenoxy) is 1. The lowest BCUT2D eigenvalue weighted by Gasteiger charge is -2.39. The summed E-state index contributed by atoms with van der Waals surface area (Å²) < 4.78 is 6.29. The van der Waals surface area contributed by atoms with Gasteiger partial charge in [0.05, 0.1) is 11.3 Å². The van der Waals surface area contributed by atoms with Crippen molar-refractivity contribution in [1.82, 2.24) is 15.5 Å².